The van der Waals surface area contributed by atoms with Crippen LogP contribution in [0.5, 0.6) is 0 Å². The van der Waals surface area contributed by atoms with Gasteiger partial charge in [-0.05, 0) is 25.7 Å². The van der Waals surface area contributed by atoms with Crippen molar-refractivity contribution in [2.75, 3.05) is 13.2 Å². The van der Waals surface area contributed by atoms with Gasteiger partial charge in [0.1, 0.15) is 0 Å². The molecule has 1 saturated heterocycles. The maximum absolute atomic E-state index is 9.82. The number of aliphatic hydroxyl groups excluding tert-OH is 1. The molecule has 1 aliphatic carbocycles. The highest BCUT2D eigenvalue weighted by Gasteiger charge is 2.32. The van der Waals surface area contributed by atoms with Crippen LogP contribution in [0.2, 0.25) is 0 Å². The fourth-order valence-electron chi connectivity index (χ4n) is 3.95. The van der Waals surface area contributed by atoms with E-state index in [4.69, 9.17) is 15.2 Å². The summed E-state index contributed by atoms with van der Waals surface area (Å²) in [7, 11) is 0. The maximum Gasteiger partial charge on any atom is 0.0974 e. The number of nitrogens with two attached hydrogens (primary N) is 1. The van der Waals surface area contributed by atoms with Crippen molar-refractivity contribution in [3.05, 3.63) is 0 Å². The molecule has 2 fully saturated rings. The summed E-state index contributed by atoms with van der Waals surface area (Å²) in [6, 6.07) is -0.183. The van der Waals surface area contributed by atoms with E-state index >= 15 is 0 Å². The van der Waals surface area contributed by atoms with Crippen molar-refractivity contribution in [2.24, 2.45) is 5.73 Å². The molecule has 142 valence electrons. The van der Waals surface area contributed by atoms with Gasteiger partial charge in [-0.15, -0.1) is 0 Å². The van der Waals surface area contributed by atoms with E-state index in [0.717, 1.165) is 19.4 Å². The van der Waals surface area contributed by atoms with Crippen LogP contribution in [-0.4, -0.2) is 42.7 Å². The van der Waals surface area contributed by atoms with E-state index in [1.54, 1.807) is 0 Å². The molecule has 3 N–H and O–H groups in total. The number of aliphatic hydroxyl groups is 1. The fourth-order valence-corrected chi connectivity index (χ4v) is 3.95. The number of hydrogen-bond acceptors (Lipinski definition) is 4. The zero-order valence-electron chi connectivity index (χ0n) is 15.5. The van der Waals surface area contributed by atoms with E-state index in [-0.39, 0.29) is 12.1 Å². The summed E-state index contributed by atoms with van der Waals surface area (Å²) in [5, 5.41) is 9.82. The van der Waals surface area contributed by atoms with E-state index < -0.39 is 6.10 Å². The standard InChI is InChI=1S/C20H39NO3/c21-18-16-24-19(20(18)22)14-10-5-3-1-2-4-6-11-15-23-17-12-8-7-9-13-17/h17-20,22H,1-16,21H2/t18-,19+,20+/m1/s1. The van der Waals surface area contributed by atoms with Gasteiger partial charge in [0.25, 0.3) is 0 Å². The van der Waals surface area contributed by atoms with Gasteiger partial charge in [-0.25, -0.2) is 0 Å². The first-order valence-electron chi connectivity index (χ1n) is 10.4. The second-order valence-corrected chi connectivity index (χ2v) is 7.77. The molecule has 24 heavy (non-hydrogen) atoms. The van der Waals surface area contributed by atoms with Crippen molar-refractivity contribution in [1.29, 1.82) is 0 Å². The molecule has 0 unspecified atom stereocenters. The van der Waals surface area contributed by atoms with Crippen LogP contribution in [0.25, 0.3) is 0 Å². The van der Waals surface area contributed by atoms with E-state index in [0.29, 0.717) is 12.7 Å². The SMILES string of the molecule is N[C@@H]1CO[C@@H](CCCCCCCCCCOC2CCCCC2)[C@H]1O. The zero-order valence-corrected chi connectivity index (χ0v) is 15.5. The Morgan fingerprint density at radius 1 is 0.875 bits per heavy atom. The lowest BCUT2D eigenvalue weighted by molar-refractivity contribution is 0.0263. The predicted molar refractivity (Wildman–Crippen MR) is 98.1 cm³/mol. The Hall–Kier alpha value is -0.160. The van der Waals surface area contributed by atoms with Crippen LogP contribution in [-0.2, 0) is 9.47 Å². The number of rotatable bonds is 12. The summed E-state index contributed by atoms with van der Waals surface area (Å²) in [6.07, 6.45) is 18.0. The first kappa shape index (κ1) is 20.2. The van der Waals surface area contributed by atoms with Gasteiger partial charge in [0.15, 0.2) is 0 Å². The second-order valence-electron chi connectivity index (χ2n) is 7.77. The monoisotopic (exact) mass is 341 g/mol. The third-order valence-electron chi connectivity index (χ3n) is 5.61. The maximum atomic E-state index is 9.82. The Morgan fingerprint density at radius 2 is 1.50 bits per heavy atom. The summed E-state index contributed by atoms with van der Waals surface area (Å²) < 4.78 is 11.5. The van der Waals surface area contributed by atoms with Crippen molar-refractivity contribution in [3.63, 3.8) is 0 Å². The molecule has 0 aromatic rings. The van der Waals surface area contributed by atoms with E-state index in [9.17, 15) is 5.11 Å². The molecule has 0 radical (unpaired) electrons. The minimum Gasteiger partial charge on any atom is -0.389 e. The minimum atomic E-state index is -0.458. The quantitative estimate of drug-likeness (QED) is 0.528. The molecule has 3 atom stereocenters. The zero-order chi connectivity index (χ0) is 17.0. The third kappa shape index (κ3) is 7.81. The van der Waals surface area contributed by atoms with Crippen LogP contribution < -0.4 is 5.73 Å². The molecular formula is C20H39NO3. The van der Waals surface area contributed by atoms with Gasteiger partial charge in [0.05, 0.1) is 31.0 Å². The number of hydrogen-bond donors (Lipinski definition) is 2. The lowest BCUT2D eigenvalue weighted by Gasteiger charge is -2.21. The molecule has 2 rings (SSSR count). The summed E-state index contributed by atoms with van der Waals surface area (Å²) >= 11 is 0. The molecule has 1 aliphatic heterocycles. The molecule has 0 spiro atoms. The van der Waals surface area contributed by atoms with Crippen LogP contribution in [0.15, 0.2) is 0 Å². The molecule has 0 amide bonds. The first-order chi connectivity index (χ1) is 11.8. The molecule has 1 saturated carbocycles. The topological polar surface area (TPSA) is 64.7 Å². The van der Waals surface area contributed by atoms with Gasteiger partial charge in [-0.3, -0.25) is 0 Å². The van der Waals surface area contributed by atoms with Crippen molar-refractivity contribution in [3.8, 4) is 0 Å². The molecule has 2 aliphatic rings. The first-order valence-corrected chi connectivity index (χ1v) is 10.4. The molecule has 0 aromatic heterocycles. The Balaban J connectivity index is 1.30. The van der Waals surface area contributed by atoms with E-state index in [1.165, 1.54) is 77.0 Å². The van der Waals surface area contributed by atoms with Gasteiger partial charge in [0, 0.05) is 6.61 Å². The largest absolute Gasteiger partial charge is 0.389 e. The van der Waals surface area contributed by atoms with Crippen molar-refractivity contribution in [1.82, 2.24) is 0 Å². The summed E-state index contributed by atoms with van der Waals surface area (Å²) in [5.74, 6) is 0. The van der Waals surface area contributed by atoms with Gasteiger partial charge in [0.2, 0.25) is 0 Å². The minimum absolute atomic E-state index is 0.0239. The lowest BCUT2D eigenvalue weighted by Crippen LogP contribution is -2.36. The smallest absolute Gasteiger partial charge is 0.0974 e. The molecule has 4 heteroatoms. The molecule has 0 aromatic carbocycles. The van der Waals surface area contributed by atoms with Crippen LogP contribution in [0.3, 0.4) is 0 Å². The summed E-state index contributed by atoms with van der Waals surface area (Å²) in [4.78, 5) is 0. The molecule has 1 heterocycles. The Kier molecular flexibility index (Phi) is 10.3. The van der Waals surface area contributed by atoms with Crippen molar-refractivity contribution in [2.45, 2.75) is 114 Å². The normalized spacial score (nSPS) is 28.5. The Labute approximate surface area is 148 Å². The van der Waals surface area contributed by atoms with Crippen LogP contribution >= 0.6 is 0 Å². The summed E-state index contributed by atoms with van der Waals surface area (Å²) in [6.45, 7) is 1.48. The van der Waals surface area contributed by atoms with E-state index in [2.05, 4.69) is 0 Å². The molecule has 4 nitrogen and oxygen atoms in total. The predicted octanol–water partition coefficient (Wildman–Crippen LogP) is 3.93. The molecular weight excluding hydrogens is 302 g/mol. The highest BCUT2D eigenvalue weighted by atomic mass is 16.5. The average molecular weight is 342 g/mol. The Morgan fingerprint density at radius 3 is 2.12 bits per heavy atom. The van der Waals surface area contributed by atoms with Crippen molar-refractivity contribution < 1.29 is 14.6 Å². The van der Waals surface area contributed by atoms with Crippen LogP contribution in [0.4, 0.5) is 0 Å². The third-order valence-corrected chi connectivity index (χ3v) is 5.61. The summed E-state index contributed by atoms with van der Waals surface area (Å²) in [5.41, 5.74) is 5.75. The number of ether oxygens (including phenoxy) is 2. The second kappa shape index (κ2) is 12.2. The highest BCUT2D eigenvalue weighted by Crippen LogP contribution is 2.21. The fraction of sp³-hybridized carbons (Fsp3) is 1.00. The van der Waals surface area contributed by atoms with Crippen molar-refractivity contribution >= 4 is 0 Å². The average Bonchev–Trinajstić information content (AvgIpc) is 2.92. The van der Waals surface area contributed by atoms with Crippen LogP contribution in [0.1, 0.15) is 89.9 Å². The van der Waals surface area contributed by atoms with E-state index in [1.807, 2.05) is 0 Å². The van der Waals surface area contributed by atoms with Crippen LogP contribution in [0, 0.1) is 0 Å². The van der Waals surface area contributed by atoms with Gasteiger partial charge in [-0.1, -0.05) is 64.2 Å². The highest BCUT2D eigenvalue weighted by molar-refractivity contribution is 4.85. The van der Waals surface area contributed by atoms with Gasteiger partial charge in [-0.2, -0.15) is 0 Å². The number of unbranched alkanes of at least 4 members (excludes halogenated alkanes) is 7. The molecule has 0 bridgehead atoms. The van der Waals surface area contributed by atoms with Gasteiger partial charge < -0.3 is 20.3 Å². The lowest BCUT2D eigenvalue weighted by atomic mass is 9.98. The van der Waals surface area contributed by atoms with Gasteiger partial charge >= 0.3 is 0 Å². The Bertz CT molecular complexity index is 307.